The minimum Gasteiger partial charge on any atom is -0.492 e. The molecule has 4 rings (SSSR count). The molecular formula is C24H33FN4O4. The van der Waals surface area contributed by atoms with Crippen LogP contribution in [0.4, 0.5) is 4.39 Å². The van der Waals surface area contributed by atoms with Gasteiger partial charge in [-0.1, -0.05) is 26.2 Å². The van der Waals surface area contributed by atoms with E-state index in [2.05, 4.69) is 10.4 Å². The second-order valence-electron chi connectivity index (χ2n) is 9.00. The van der Waals surface area contributed by atoms with Gasteiger partial charge in [-0.15, -0.1) is 5.10 Å². The molecule has 0 atom stereocenters. The summed E-state index contributed by atoms with van der Waals surface area (Å²) in [5.74, 6) is 0.152. The Bertz CT molecular complexity index is 1040. The number of nitrogens with zero attached hydrogens (tertiary/aromatic N) is 3. The van der Waals surface area contributed by atoms with E-state index in [4.69, 9.17) is 9.47 Å². The van der Waals surface area contributed by atoms with Gasteiger partial charge in [-0.3, -0.25) is 9.36 Å². The van der Waals surface area contributed by atoms with E-state index >= 15 is 4.39 Å². The van der Waals surface area contributed by atoms with Gasteiger partial charge in [0.2, 0.25) is 0 Å². The molecule has 1 aliphatic carbocycles. The van der Waals surface area contributed by atoms with E-state index in [9.17, 15) is 9.59 Å². The van der Waals surface area contributed by atoms with Gasteiger partial charge in [0.05, 0.1) is 12.2 Å². The molecule has 2 aliphatic rings. The summed E-state index contributed by atoms with van der Waals surface area (Å²) in [5, 5.41) is 7.26. The Kier molecular flexibility index (Phi) is 7.47. The van der Waals surface area contributed by atoms with Gasteiger partial charge in [0.25, 0.3) is 5.91 Å². The molecule has 180 valence electrons. The minimum atomic E-state index is -0.694. The standard InChI is InChI=1S/C24H33FN4O4/c1-3-22-27-29(24(31)28(22)2)20-14-21(33-15-16-7-5-4-6-8-16)18(13-19(20)25)23(30)26-17-9-11-32-12-10-17/h13-14,16-17H,3-12,15H2,1-2H3,(H,26,30). The fraction of sp³-hybridized carbons (Fsp3) is 0.625. The molecule has 1 amide bonds. The number of rotatable bonds is 7. The Hall–Kier alpha value is -2.68. The van der Waals surface area contributed by atoms with Crippen LogP contribution in [-0.4, -0.2) is 46.1 Å². The van der Waals surface area contributed by atoms with Crippen LogP contribution in [0.3, 0.4) is 0 Å². The zero-order chi connectivity index (χ0) is 23.4. The highest BCUT2D eigenvalue weighted by atomic mass is 19.1. The number of aryl methyl sites for hydroxylation is 1. The SMILES string of the molecule is CCc1nn(-c2cc(OCC3CCCCC3)c(C(=O)NC3CCOCC3)cc2F)c(=O)n1C. The van der Waals surface area contributed by atoms with Crippen molar-refractivity contribution in [2.45, 2.75) is 64.3 Å². The summed E-state index contributed by atoms with van der Waals surface area (Å²) in [6.45, 7) is 3.52. The van der Waals surface area contributed by atoms with E-state index in [0.29, 0.717) is 50.8 Å². The lowest BCUT2D eigenvalue weighted by Gasteiger charge is -2.25. The van der Waals surface area contributed by atoms with Gasteiger partial charge in [-0.25, -0.2) is 9.18 Å². The summed E-state index contributed by atoms with van der Waals surface area (Å²) < 4.78 is 29.1. The normalized spacial score (nSPS) is 17.8. The zero-order valence-electron chi connectivity index (χ0n) is 19.4. The quantitative estimate of drug-likeness (QED) is 0.686. The molecule has 0 spiro atoms. The van der Waals surface area contributed by atoms with E-state index in [1.807, 2.05) is 6.92 Å². The summed E-state index contributed by atoms with van der Waals surface area (Å²) in [6.07, 6.45) is 7.71. The highest BCUT2D eigenvalue weighted by Gasteiger charge is 2.24. The predicted molar refractivity (Wildman–Crippen MR) is 122 cm³/mol. The van der Waals surface area contributed by atoms with Crippen molar-refractivity contribution >= 4 is 5.91 Å². The third-order valence-corrected chi connectivity index (χ3v) is 6.66. The van der Waals surface area contributed by atoms with Crippen LogP contribution < -0.4 is 15.7 Å². The summed E-state index contributed by atoms with van der Waals surface area (Å²) in [5.41, 5.74) is -0.321. The molecule has 2 aromatic rings. The van der Waals surface area contributed by atoms with Gasteiger partial charge in [0.15, 0.2) is 0 Å². The first-order chi connectivity index (χ1) is 16.0. The number of nitrogens with one attached hydrogen (secondary N) is 1. The Morgan fingerprint density at radius 3 is 2.61 bits per heavy atom. The van der Waals surface area contributed by atoms with Crippen LogP contribution in [0.1, 0.15) is 68.1 Å². The maximum absolute atomic E-state index is 15.2. The predicted octanol–water partition coefficient (Wildman–Crippen LogP) is 3.14. The van der Waals surface area contributed by atoms with E-state index in [1.54, 1.807) is 7.05 Å². The summed E-state index contributed by atoms with van der Waals surface area (Å²) >= 11 is 0. The Labute approximate surface area is 193 Å². The molecule has 1 saturated carbocycles. The van der Waals surface area contributed by atoms with Crippen LogP contribution in [0, 0.1) is 11.7 Å². The lowest BCUT2D eigenvalue weighted by atomic mass is 9.90. The first-order valence-corrected chi connectivity index (χ1v) is 12.0. The Balaban J connectivity index is 1.66. The third kappa shape index (κ3) is 5.29. The molecule has 9 heteroatoms. The lowest BCUT2D eigenvalue weighted by molar-refractivity contribution is 0.0694. The van der Waals surface area contributed by atoms with Crippen LogP contribution >= 0.6 is 0 Å². The van der Waals surface area contributed by atoms with Gasteiger partial charge >= 0.3 is 5.69 Å². The Morgan fingerprint density at radius 1 is 1.21 bits per heavy atom. The average molecular weight is 461 g/mol. The number of amides is 1. The van der Waals surface area contributed by atoms with E-state index in [0.717, 1.165) is 23.6 Å². The van der Waals surface area contributed by atoms with Crippen LogP contribution in [0.25, 0.3) is 5.69 Å². The van der Waals surface area contributed by atoms with Crippen molar-refractivity contribution < 1.29 is 18.7 Å². The molecule has 1 aromatic carbocycles. The summed E-state index contributed by atoms with van der Waals surface area (Å²) in [6, 6.07) is 2.57. The van der Waals surface area contributed by atoms with Crippen LogP contribution in [0.5, 0.6) is 5.75 Å². The maximum Gasteiger partial charge on any atom is 0.350 e. The molecule has 0 bridgehead atoms. The molecule has 1 N–H and O–H groups in total. The molecule has 2 fully saturated rings. The highest BCUT2D eigenvalue weighted by Crippen LogP contribution is 2.29. The molecule has 8 nitrogen and oxygen atoms in total. The third-order valence-electron chi connectivity index (χ3n) is 6.66. The van der Waals surface area contributed by atoms with Crippen molar-refractivity contribution in [1.82, 2.24) is 19.7 Å². The molecule has 1 aromatic heterocycles. The minimum absolute atomic E-state index is 0.0171. The molecule has 1 aliphatic heterocycles. The summed E-state index contributed by atoms with van der Waals surface area (Å²) in [7, 11) is 1.61. The van der Waals surface area contributed by atoms with Gasteiger partial charge in [0, 0.05) is 38.8 Å². The number of halogens is 1. The van der Waals surface area contributed by atoms with Gasteiger partial charge in [-0.05, 0) is 37.7 Å². The van der Waals surface area contributed by atoms with E-state index in [1.165, 1.54) is 29.9 Å². The number of hydrogen-bond donors (Lipinski definition) is 1. The number of carbonyl (C=O) groups is 1. The van der Waals surface area contributed by atoms with Gasteiger partial charge in [0.1, 0.15) is 23.1 Å². The number of carbonyl (C=O) groups excluding carboxylic acids is 1. The molecule has 33 heavy (non-hydrogen) atoms. The Morgan fingerprint density at radius 2 is 1.94 bits per heavy atom. The van der Waals surface area contributed by atoms with Crippen molar-refractivity contribution in [2.75, 3.05) is 19.8 Å². The van der Waals surface area contributed by atoms with Gasteiger partial charge < -0.3 is 14.8 Å². The number of ether oxygens (including phenoxy) is 2. The second kappa shape index (κ2) is 10.5. The molecular weight excluding hydrogens is 427 g/mol. The highest BCUT2D eigenvalue weighted by molar-refractivity contribution is 5.97. The van der Waals surface area contributed by atoms with E-state index < -0.39 is 11.5 Å². The fourth-order valence-electron chi connectivity index (χ4n) is 4.61. The zero-order valence-corrected chi connectivity index (χ0v) is 19.4. The van der Waals surface area contributed by atoms with Crippen LogP contribution in [-0.2, 0) is 18.2 Å². The van der Waals surface area contributed by atoms with Crippen LogP contribution in [0.2, 0.25) is 0 Å². The average Bonchev–Trinajstić information content (AvgIpc) is 3.12. The van der Waals surface area contributed by atoms with Crippen molar-refractivity contribution in [3.8, 4) is 11.4 Å². The van der Waals surface area contributed by atoms with Gasteiger partial charge in [-0.2, -0.15) is 4.68 Å². The lowest BCUT2D eigenvalue weighted by Crippen LogP contribution is -2.39. The molecule has 0 unspecified atom stereocenters. The number of hydrogen-bond acceptors (Lipinski definition) is 5. The topological polar surface area (TPSA) is 87.4 Å². The monoisotopic (exact) mass is 460 g/mol. The number of aromatic nitrogens is 3. The smallest absolute Gasteiger partial charge is 0.350 e. The first-order valence-electron chi connectivity index (χ1n) is 12.0. The largest absolute Gasteiger partial charge is 0.492 e. The van der Waals surface area contributed by atoms with Crippen LogP contribution in [0.15, 0.2) is 16.9 Å². The maximum atomic E-state index is 15.2. The number of benzene rings is 1. The van der Waals surface area contributed by atoms with Crippen molar-refractivity contribution in [3.63, 3.8) is 0 Å². The first kappa shape index (κ1) is 23.5. The summed E-state index contributed by atoms with van der Waals surface area (Å²) in [4.78, 5) is 25.7. The fourth-order valence-corrected chi connectivity index (χ4v) is 4.61. The second-order valence-corrected chi connectivity index (χ2v) is 9.00. The van der Waals surface area contributed by atoms with Crippen molar-refractivity contribution in [3.05, 3.63) is 39.8 Å². The van der Waals surface area contributed by atoms with E-state index in [-0.39, 0.29) is 28.9 Å². The molecule has 2 heterocycles. The molecule has 0 radical (unpaired) electrons. The van der Waals surface area contributed by atoms with Crippen molar-refractivity contribution in [2.24, 2.45) is 13.0 Å². The van der Waals surface area contributed by atoms with Crippen molar-refractivity contribution in [1.29, 1.82) is 0 Å². The molecule has 1 saturated heterocycles.